The summed E-state index contributed by atoms with van der Waals surface area (Å²) < 4.78 is 5.23. The summed E-state index contributed by atoms with van der Waals surface area (Å²) in [5.74, 6) is -0.230. The average molecular weight is 444 g/mol. The number of nitro groups is 1. The molecule has 5 rings (SSSR count). The lowest BCUT2D eigenvalue weighted by Gasteiger charge is -2.40. The van der Waals surface area contributed by atoms with Gasteiger partial charge in [-0.05, 0) is 40.3 Å². The Morgan fingerprint density at radius 1 is 1.15 bits per heavy atom. The van der Waals surface area contributed by atoms with Crippen LogP contribution >= 0.6 is 0 Å². The van der Waals surface area contributed by atoms with Crippen LogP contribution in [0.25, 0.3) is 16.3 Å². The Balaban J connectivity index is 1.83. The maximum Gasteiger partial charge on any atom is 0.279 e. The summed E-state index contributed by atoms with van der Waals surface area (Å²) in [7, 11) is 1.39. The third-order valence-electron chi connectivity index (χ3n) is 6.58. The Kier molecular flexibility index (Phi) is 4.67. The minimum Gasteiger partial charge on any atom is -0.504 e. The second kappa shape index (κ2) is 7.33. The van der Waals surface area contributed by atoms with Gasteiger partial charge in [0.15, 0.2) is 17.3 Å². The molecule has 168 valence electrons. The highest BCUT2D eigenvalue weighted by Gasteiger charge is 2.42. The molecule has 1 aliphatic carbocycles. The molecule has 0 unspecified atom stereocenters. The standard InChI is InChI=1S/C26H24N2O5/c1-26(2)12-17-23-15-7-5-4-6-14(15)8-9-18(23)27-25(24(17)21(30)13-26)16-10-22(33-3)20(29)11-19(16)28(31)32/h4-11,25,27,29H,12-13H2,1-3H3/t25-/m1/s1. The van der Waals surface area contributed by atoms with Gasteiger partial charge >= 0.3 is 0 Å². The number of anilines is 1. The molecule has 2 N–H and O–H groups in total. The Labute approximate surface area is 190 Å². The fourth-order valence-corrected chi connectivity index (χ4v) is 5.20. The third kappa shape index (κ3) is 3.31. The molecule has 3 aromatic rings. The minimum absolute atomic E-state index is 0.0290. The zero-order chi connectivity index (χ0) is 23.5. The topological polar surface area (TPSA) is 102 Å². The molecule has 0 aromatic heterocycles. The van der Waals surface area contributed by atoms with Gasteiger partial charge in [0.2, 0.25) is 0 Å². The smallest absolute Gasteiger partial charge is 0.279 e. The Morgan fingerprint density at radius 2 is 1.91 bits per heavy atom. The number of nitrogens with zero attached hydrogens (tertiary/aromatic N) is 1. The van der Waals surface area contributed by atoms with Crippen LogP contribution in [0.2, 0.25) is 0 Å². The zero-order valence-corrected chi connectivity index (χ0v) is 18.6. The van der Waals surface area contributed by atoms with Gasteiger partial charge in [0.05, 0.1) is 29.7 Å². The largest absolute Gasteiger partial charge is 0.504 e. The van der Waals surface area contributed by atoms with E-state index in [0.29, 0.717) is 18.4 Å². The number of carbonyl (C=O) groups is 1. The highest BCUT2D eigenvalue weighted by Crippen LogP contribution is 2.53. The maximum absolute atomic E-state index is 13.5. The first kappa shape index (κ1) is 21.0. The minimum atomic E-state index is -0.729. The normalized spacial score (nSPS) is 19.0. The van der Waals surface area contributed by atoms with E-state index in [0.717, 1.165) is 33.7 Å². The van der Waals surface area contributed by atoms with E-state index in [-0.39, 0.29) is 33.9 Å². The number of benzene rings is 3. The molecule has 0 bridgehead atoms. The second-order valence-corrected chi connectivity index (χ2v) is 9.46. The quantitative estimate of drug-likeness (QED) is 0.393. The molecule has 1 atom stereocenters. The van der Waals surface area contributed by atoms with Crippen LogP contribution in [0.4, 0.5) is 11.4 Å². The maximum atomic E-state index is 13.5. The number of allylic oxidation sites excluding steroid dienone is 1. The Bertz CT molecular complexity index is 1370. The molecule has 33 heavy (non-hydrogen) atoms. The fraction of sp³-hybridized carbons (Fsp3) is 0.269. The van der Waals surface area contributed by atoms with E-state index in [1.165, 1.54) is 13.2 Å². The number of Topliss-reactive ketones (excluding diaryl/α,β-unsaturated/α-hetero) is 1. The number of aromatic hydroxyl groups is 1. The summed E-state index contributed by atoms with van der Waals surface area (Å²) in [4.78, 5) is 24.9. The molecule has 0 radical (unpaired) electrons. The number of phenolic OH excluding ortho intramolecular Hbond substituents is 1. The first-order valence-electron chi connectivity index (χ1n) is 10.8. The SMILES string of the molecule is COc1cc([C@H]2Nc3ccc4ccccc4c3C3=C2C(=O)CC(C)(C)C3)c([N+](=O)[O-])cc1O. The zero-order valence-electron chi connectivity index (χ0n) is 18.6. The van der Waals surface area contributed by atoms with Crippen molar-refractivity contribution in [2.45, 2.75) is 32.7 Å². The van der Waals surface area contributed by atoms with Crippen LogP contribution in [0.3, 0.4) is 0 Å². The second-order valence-electron chi connectivity index (χ2n) is 9.46. The van der Waals surface area contributed by atoms with E-state index in [1.54, 1.807) is 0 Å². The van der Waals surface area contributed by atoms with Gasteiger partial charge in [0.25, 0.3) is 5.69 Å². The molecule has 7 heteroatoms. The molecule has 0 saturated heterocycles. The number of nitrogens with one attached hydrogen (secondary N) is 1. The summed E-state index contributed by atoms with van der Waals surface area (Å²) in [5, 5.41) is 27.6. The van der Waals surface area contributed by atoms with Crippen molar-refractivity contribution in [2.24, 2.45) is 5.41 Å². The van der Waals surface area contributed by atoms with E-state index in [4.69, 9.17) is 4.74 Å². The lowest BCUT2D eigenvalue weighted by atomic mass is 9.67. The lowest BCUT2D eigenvalue weighted by molar-refractivity contribution is -0.385. The van der Waals surface area contributed by atoms with E-state index >= 15 is 0 Å². The predicted octanol–water partition coefficient (Wildman–Crippen LogP) is 5.77. The third-order valence-corrected chi connectivity index (χ3v) is 6.58. The molecule has 1 aliphatic heterocycles. The molecule has 0 saturated carbocycles. The van der Waals surface area contributed by atoms with Crippen molar-refractivity contribution >= 4 is 33.5 Å². The molecular weight excluding hydrogens is 420 g/mol. The number of nitro benzene ring substituents is 1. The van der Waals surface area contributed by atoms with Crippen molar-refractivity contribution < 1.29 is 19.6 Å². The molecule has 0 spiro atoms. The number of carbonyl (C=O) groups excluding carboxylic acids is 1. The van der Waals surface area contributed by atoms with Crippen LogP contribution in [-0.4, -0.2) is 22.9 Å². The van der Waals surface area contributed by atoms with Gasteiger partial charge < -0.3 is 15.2 Å². The number of ketones is 1. The van der Waals surface area contributed by atoms with Crippen LogP contribution in [-0.2, 0) is 4.79 Å². The average Bonchev–Trinajstić information content (AvgIpc) is 2.77. The van der Waals surface area contributed by atoms with E-state index in [2.05, 4.69) is 19.2 Å². The molecule has 0 amide bonds. The van der Waals surface area contributed by atoms with Gasteiger partial charge in [-0.1, -0.05) is 44.2 Å². The van der Waals surface area contributed by atoms with Crippen LogP contribution in [0.1, 0.15) is 43.9 Å². The number of phenols is 1. The Morgan fingerprint density at radius 3 is 2.64 bits per heavy atom. The van der Waals surface area contributed by atoms with Crippen molar-refractivity contribution in [2.75, 3.05) is 12.4 Å². The summed E-state index contributed by atoms with van der Waals surface area (Å²) >= 11 is 0. The number of fused-ring (bicyclic) bond motifs is 4. The molecule has 7 nitrogen and oxygen atoms in total. The number of methoxy groups -OCH3 is 1. The summed E-state index contributed by atoms with van der Waals surface area (Å²) in [5.41, 5.74) is 3.07. The Hall–Kier alpha value is -3.87. The van der Waals surface area contributed by atoms with Crippen LogP contribution in [0.15, 0.2) is 54.1 Å². The van der Waals surface area contributed by atoms with E-state index < -0.39 is 11.0 Å². The summed E-state index contributed by atoms with van der Waals surface area (Å²) in [6, 6.07) is 13.8. The lowest BCUT2D eigenvalue weighted by Crippen LogP contribution is -2.33. The van der Waals surface area contributed by atoms with Crippen molar-refractivity contribution in [3.63, 3.8) is 0 Å². The van der Waals surface area contributed by atoms with Gasteiger partial charge in [0, 0.05) is 23.2 Å². The molecule has 2 aliphatic rings. The van der Waals surface area contributed by atoms with Gasteiger partial charge in [-0.25, -0.2) is 0 Å². The van der Waals surface area contributed by atoms with Crippen molar-refractivity contribution in [1.82, 2.24) is 0 Å². The highest BCUT2D eigenvalue weighted by molar-refractivity contribution is 6.13. The molecule has 1 heterocycles. The molecule has 0 fully saturated rings. The van der Waals surface area contributed by atoms with Crippen molar-refractivity contribution in [3.05, 3.63) is 75.3 Å². The number of ether oxygens (including phenoxy) is 1. The number of hydrogen-bond acceptors (Lipinski definition) is 6. The van der Waals surface area contributed by atoms with Crippen molar-refractivity contribution in [3.8, 4) is 11.5 Å². The first-order valence-corrected chi connectivity index (χ1v) is 10.8. The predicted molar refractivity (Wildman–Crippen MR) is 127 cm³/mol. The van der Waals surface area contributed by atoms with Crippen molar-refractivity contribution in [1.29, 1.82) is 0 Å². The van der Waals surface area contributed by atoms with E-state index in [9.17, 15) is 20.0 Å². The van der Waals surface area contributed by atoms with Crippen LogP contribution in [0, 0.1) is 15.5 Å². The van der Waals surface area contributed by atoms with Crippen LogP contribution in [0.5, 0.6) is 11.5 Å². The number of hydrogen-bond donors (Lipinski definition) is 2. The van der Waals surface area contributed by atoms with Gasteiger partial charge in [-0.2, -0.15) is 0 Å². The van der Waals surface area contributed by atoms with Gasteiger partial charge in [-0.15, -0.1) is 0 Å². The molecule has 3 aromatic carbocycles. The summed E-state index contributed by atoms with van der Waals surface area (Å²) in [6.07, 6.45) is 1.03. The van der Waals surface area contributed by atoms with E-state index in [1.807, 2.05) is 36.4 Å². The van der Waals surface area contributed by atoms with Crippen LogP contribution < -0.4 is 10.1 Å². The highest BCUT2D eigenvalue weighted by atomic mass is 16.6. The fourth-order valence-electron chi connectivity index (χ4n) is 5.20. The summed E-state index contributed by atoms with van der Waals surface area (Å²) in [6.45, 7) is 4.14. The number of rotatable bonds is 3. The molecular formula is C26H24N2O5. The monoisotopic (exact) mass is 444 g/mol. The van der Waals surface area contributed by atoms with Gasteiger partial charge in [0.1, 0.15) is 0 Å². The van der Waals surface area contributed by atoms with Gasteiger partial charge in [-0.3, -0.25) is 14.9 Å². The first-order chi connectivity index (χ1) is 15.7.